The number of rotatable bonds is 8. The zero-order valence-electron chi connectivity index (χ0n) is 19.1. The number of likely N-dealkylation sites (tertiary alicyclic amines) is 1. The van der Waals surface area contributed by atoms with Gasteiger partial charge in [0.1, 0.15) is 11.3 Å². The van der Waals surface area contributed by atoms with Crippen molar-refractivity contribution >= 4 is 29.4 Å². The predicted molar refractivity (Wildman–Crippen MR) is 125 cm³/mol. The van der Waals surface area contributed by atoms with Crippen molar-refractivity contribution in [2.75, 3.05) is 26.2 Å². The largest absolute Gasteiger partial charge is 0.465 e. The maximum absolute atomic E-state index is 13.4. The van der Waals surface area contributed by atoms with Crippen LogP contribution in [-0.2, 0) is 11.2 Å². The van der Waals surface area contributed by atoms with E-state index >= 15 is 0 Å². The molecular weight excluding hydrogens is 424 g/mol. The Hall–Kier alpha value is -2.45. The van der Waals surface area contributed by atoms with Gasteiger partial charge in [-0.1, -0.05) is 12.5 Å². The molecule has 0 spiro atoms. The van der Waals surface area contributed by atoms with Gasteiger partial charge in [0.05, 0.1) is 17.5 Å². The number of nitrogens with zero attached hydrogens (tertiary/aromatic N) is 3. The summed E-state index contributed by atoms with van der Waals surface area (Å²) in [4.78, 5) is 35.4. The van der Waals surface area contributed by atoms with Gasteiger partial charge >= 0.3 is 6.03 Å². The van der Waals surface area contributed by atoms with Crippen LogP contribution in [0.5, 0.6) is 0 Å². The summed E-state index contributed by atoms with van der Waals surface area (Å²) in [6.07, 6.45) is 6.84. The standard InChI is InChI=1S/C24H32N4O3S/c1-4-24(22(29)28(23(30)26-24)12-9-21-18(3)25-16-32-21)19-7-10-27(11-8-19)15-17(2)14-20-6-5-13-31-20/h5-6,13-14,16,19H,4,7-12,15H2,1-3H3,(H,26,30)/b17-14+/t24-/m0/s1. The smallest absolute Gasteiger partial charge is 0.325 e. The summed E-state index contributed by atoms with van der Waals surface area (Å²) in [5.41, 5.74) is 3.27. The number of amides is 3. The summed E-state index contributed by atoms with van der Waals surface area (Å²) in [7, 11) is 0. The number of thiazole rings is 1. The SMILES string of the molecule is CC[C@@]1(C2CCN(C/C(C)=C/c3ccco3)CC2)NC(=O)N(CCc2scnc2C)C1=O. The Labute approximate surface area is 193 Å². The summed E-state index contributed by atoms with van der Waals surface area (Å²) in [6, 6.07) is 3.60. The van der Waals surface area contributed by atoms with E-state index < -0.39 is 5.54 Å². The van der Waals surface area contributed by atoms with Crippen molar-refractivity contribution in [3.05, 3.63) is 45.8 Å². The van der Waals surface area contributed by atoms with Gasteiger partial charge < -0.3 is 9.73 Å². The number of urea groups is 1. The molecule has 2 saturated heterocycles. The van der Waals surface area contributed by atoms with Crippen molar-refractivity contribution in [2.24, 2.45) is 5.92 Å². The zero-order valence-corrected chi connectivity index (χ0v) is 19.9. The number of imide groups is 1. The lowest BCUT2D eigenvalue weighted by Gasteiger charge is -2.40. The third-order valence-electron chi connectivity index (χ3n) is 6.86. The molecule has 7 nitrogen and oxygen atoms in total. The van der Waals surface area contributed by atoms with Crippen molar-refractivity contribution in [3.63, 3.8) is 0 Å². The van der Waals surface area contributed by atoms with Crippen molar-refractivity contribution in [3.8, 4) is 0 Å². The average Bonchev–Trinajstić information content (AvgIpc) is 3.49. The van der Waals surface area contributed by atoms with Crippen LogP contribution in [-0.4, -0.2) is 58.4 Å². The molecule has 1 N–H and O–H groups in total. The fourth-order valence-corrected chi connectivity index (χ4v) is 5.80. The second-order valence-electron chi connectivity index (χ2n) is 8.88. The van der Waals surface area contributed by atoms with Gasteiger partial charge in [-0.05, 0) is 70.3 Å². The van der Waals surface area contributed by atoms with E-state index in [2.05, 4.69) is 28.2 Å². The molecule has 172 valence electrons. The molecule has 0 saturated carbocycles. The number of piperidine rings is 1. The second kappa shape index (κ2) is 9.58. The maximum Gasteiger partial charge on any atom is 0.325 e. The number of furan rings is 1. The van der Waals surface area contributed by atoms with Gasteiger partial charge in [-0.2, -0.15) is 0 Å². The monoisotopic (exact) mass is 456 g/mol. The molecule has 1 atom stereocenters. The molecule has 8 heteroatoms. The van der Waals surface area contributed by atoms with Gasteiger partial charge in [-0.3, -0.25) is 14.6 Å². The Morgan fingerprint density at radius 3 is 2.78 bits per heavy atom. The maximum atomic E-state index is 13.4. The number of aryl methyl sites for hydroxylation is 1. The molecule has 4 heterocycles. The number of carbonyl (C=O) groups excluding carboxylic acids is 2. The fraction of sp³-hybridized carbons (Fsp3) is 0.542. The normalized spacial score (nSPS) is 23.2. The van der Waals surface area contributed by atoms with Gasteiger partial charge in [0.2, 0.25) is 0 Å². The van der Waals surface area contributed by atoms with Gasteiger partial charge in [-0.15, -0.1) is 11.3 Å². The minimum absolute atomic E-state index is 0.0560. The first-order valence-electron chi connectivity index (χ1n) is 11.4. The third kappa shape index (κ3) is 4.52. The van der Waals surface area contributed by atoms with Crippen LogP contribution in [0.3, 0.4) is 0 Å². The van der Waals surface area contributed by atoms with E-state index in [4.69, 9.17) is 4.42 Å². The van der Waals surface area contributed by atoms with Crippen molar-refractivity contribution in [1.82, 2.24) is 20.1 Å². The number of hydrogen-bond donors (Lipinski definition) is 1. The van der Waals surface area contributed by atoms with E-state index in [1.54, 1.807) is 17.6 Å². The third-order valence-corrected chi connectivity index (χ3v) is 7.85. The Kier molecular flexibility index (Phi) is 6.81. The topological polar surface area (TPSA) is 78.7 Å². The van der Waals surface area contributed by atoms with Crippen LogP contribution in [0.2, 0.25) is 0 Å². The highest BCUT2D eigenvalue weighted by Gasteiger charge is 2.54. The van der Waals surface area contributed by atoms with Crippen molar-refractivity contribution < 1.29 is 14.0 Å². The Balaban J connectivity index is 1.36. The summed E-state index contributed by atoms with van der Waals surface area (Å²) >= 11 is 1.58. The second-order valence-corrected chi connectivity index (χ2v) is 9.82. The van der Waals surface area contributed by atoms with Crippen LogP contribution in [0.1, 0.15) is 49.4 Å². The van der Waals surface area contributed by atoms with Crippen LogP contribution in [0, 0.1) is 12.8 Å². The van der Waals surface area contributed by atoms with Gasteiger partial charge in [0.15, 0.2) is 0 Å². The van der Waals surface area contributed by atoms with E-state index in [-0.39, 0.29) is 17.9 Å². The molecule has 4 rings (SSSR count). The highest BCUT2D eigenvalue weighted by molar-refractivity contribution is 7.09. The first-order chi connectivity index (χ1) is 15.4. The van der Waals surface area contributed by atoms with Crippen LogP contribution in [0.4, 0.5) is 4.79 Å². The first kappa shape index (κ1) is 22.7. The van der Waals surface area contributed by atoms with E-state index in [0.29, 0.717) is 19.4 Å². The Morgan fingerprint density at radius 1 is 1.38 bits per heavy atom. The van der Waals surface area contributed by atoms with Gasteiger partial charge in [0, 0.05) is 24.4 Å². The average molecular weight is 457 g/mol. The summed E-state index contributed by atoms with van der Waals surface area (Å²) in [5.74, 6) is 0.972. The molecule has 2 aromatic rings. The molecule has 2 aliphatic rings. The number of hydrogen-bond acceptors (Lipinski definition) is 6. The van der Waals surface area contributed by atoms with E-state index in [0.717, 1.165) is 48.8 Å². The molecule has 2 aliphatic heterocycles. The minimum Gasteiger partial charge on any atom is -0.465 e. The zero-order chi connectivity index (χ0) is 22.7. The van der Waals surface area contributed by atoms with E-state index in [1.807, 2.05) is 31.5 Å². The van der Waals surface area contributed by atoms with Crippen LogP contribution < -0.4 is 5.32 Å². The van der Waals surface area contributed by atoms with Gasteiger partial charge in [0.25, 0.3) is 5.91 Å². The summed E-state index contributed by atoms with van der Waals surface area (Å²) in [6.45, 7) is 9.21. The molecule has 2 fully saturated rings. The summed E-state index contributed by atoms with van der Waals surface area (Å²) in [5, 5.41) is 3.10. The molecular formula is C24H32N4O3S. The first-order valence-corrected chi connectivity index (χ1v) is 12.3. The Bertz CT molecular complexity index is 975. The number of aromatic nitrogens is 1. The summed E-state index contributed by atoms with van der Waals surface area (Å²) < 4.78 is 5.41. The molecule has 0 radical (unpaired) electrons. The van der Waals surface area contributed by atoms with E-state index in [9.17, 15) is 9.59 Å². The number of nitrogens with one attached hydrogen (secondary N) is 1. The number of carbonyl (C=O) groups is 2. The Morgan fingerprint density at radius 2 is 2.16 bits per heavy atom. The van der Waals surface area contributed by atoms with Gasteiger partial charge in [-0.25, -0.2) is 9.78 Å². The molecule has 32 heavy (non-hydrogen) atoms. The van der Waals surface area contributed by atoms with Crippen LogP contribution in [0.15, 0.2) is 33.9 Å². The molecule has 0 unspecified atom stereocenters. The predicted octanol–water partition coefficient (Wildman–Crippen LogP) is 4.10. The lowest BCUT2D eigenvalue weighted by Crippen LogP contribution is -2.55. The van der Waals surface area contributed by atoms with Crippen LogP contribution >= 0.6 is 11.3 Å². The molecule has 0 aromatic carbocycles. The minimum atomic E-state index is -0.773. The molecule has 3 amide bonds. The van der Waals surface area contributed by atoms with Crippen molar-refractivity contribution in [1.29, 1.82) is 0 Å². The fourth-order valence-electron chi connectivity index (χ4n) is 5.03. The molecule has 0 bridgehead atoms. The highest BCUT2D eigenvalue weighted by Crippen LogP contribution is 2.36. The van der Waals surface area contributed by atoms with E-state index in [1.165, 1.54) is 10.5 Å². The lowest BCUT2D eigenvalue weighted by atomic mass is 9.75. The highest BCUT2D eigenvalue weighted by atomic mass is 32.1. The molecule has 0 aliphatic carbocycles. The lowest BCUT2D eigenvalue weighted by molar-refractivity contribution is -0.134. The van der Waals surface area contributed by atoms with Crippen molar-refractivity contribution in [2.45, 2.75) is 52.0 Å². The molecule has 2 aromatic heterocycles. The van der Waals surface area contributed by atoms with Crippen LogP contribution in [0.25, 0.3) is 6.08 Å². The quantitative estimate of drug-likeness (QED) is 0.605.